The average Bonchev–Trinajstić information content (AvgIpc) is 2.71. The number of aryl methyl sites for hydroxylation is 1. The van der Waals surface area contributed by atoms with Crippen molar-refractivity contribution in [2.75, 3.05) is 0 Å². The van der Waals surface area contributed by atoms with Gasteiger partial charge in [-0.2, -0.15) is 0 Å². The van der Waals surface area contributed by atoms with Crippen LogP contribution < -0.4 is 5.73 Å². The van der Waals surface area contributed by atoms with Gasteiger partial charge in [0, 0.05) is 6.20 Å². The molecule has 0 aliphatic heterocycles. The van der Waals surface area contributed by atoms with Crippen molar-refractivity contribution in [3.05, 3.63) is 29.6 Å². The highest BCUT2D eigenvalue weighted by atomic mass is 15.0. The summed E-state index contributed by atoms with van der Waals surface area (Å²) in [7, 11) is 0. The number of nitrogens with zero attached hydrogens (tertiary/aromatic N) is 1. The molecule has 2 nitrogen and oxygen atoms in total. The lowest BCUT2D eigenvalue weighted by molar-refractivity contribution is 0.509. The molecule has 2 saturated carbocycles. The van der Waals surface area contributed by atoms with Crippen LogP contribution in [0.2, 0.25) is 0 Å². The lowest BCUT2D eigenvalue weighted by Crippen LogP contribution is -2.28. The molecule has 2 aliphatic carbocycles. The van der Waals surface area contributed by atoms with Gasteiger partial charge < -0.3 is 5.73 Å². The first-order valence-corrected chi connectivity index (χ1v) is 6.01. The Morgan fingerprint density at radius 2 is 2.20 bits per heavy atom. The summed E-state index contributed by atoms with van der Waals surface area (Å²) in [5.74, 6) is 1.44. The maximum atomic E-state index is 6.53. The van der Waals surface area contributed by atoms with Crippen LogP contribution in [0.4, 0.5) is 0 Å². The minimum absolute atomic E-state index is 0.0646. The number of hydrogen-bond acceptors (Lipinski definition) is 2. The number of aromatic nitrogens is 1. The molecule has 1 aromatic rings. The van der Waals surface area contributed by atoms with Gasteiger partial charge >= 0.3 is 0 Å². The predicted octanol–water partition coefficient (Wildman–Crippen LogP) is 2.23. The first kappa shape index (κ1) is 9.34. The van der Waals surface area contributed by atoms with Crippen molar-refractivity contribution in [2.24, 2.45) is 17.6 Å². The Morgan fingerprint density at radius 3 is 2.87 bits per heavy atom. The summed E-state index contributed by atoms with van der Waals surface area (Å²) in [6.07, 6.45) is 6.91. The van der Waals surface area contributed by atoms with E-state index in [0.29, 0.717) is 0 Å². The monoisotopic (exact) mass is 202 g/mol. The summed E-state index contributed by atoms with van der Waals surface area (Å²) in [5.41, 5.74) is 8.99. The minimum atomic E-state index is -0.0646. The van der Waals surface area contributed by atoms with Gasteiger partial charge in [0.05, 0.1) is 11.2 Å². The van der Waals surface area contributed by atoms with E-state index in [1.807, 2.05) is 12.3 Å². The smallest absolute Gasteiger partial charge is 0.0650 e. The van der Waals surface area contributed by atoms with Gasteiger partial charge in [0.2, 0.25) is 0 Å². The molecule has 0 aromatic carbocycles. The van der Waals surface area contributed by atoms with Gasteiger partial charge in [0.15, 0.2) is 0 Å². The van der Waals surface area contributed by atoms with E-state index in [-0.39, 0.29) is 5.54 Å². The third-order valence-corrected chi connectivity index (χ3v) is 4.32. The normalized spacial score (nSPS) is 37.7. The number of hydrogen-bond donors (Lipinski definition) is 1. The lowest BCUT2D eigenvalue weighted by atomic mass is 9.96. The van der Waals surface area contributed by atoms with Crippen LogP contribution in [0.25, 0.3) is 0 Å². The van der Waals surface area contributed by atoms with Gasteiger partial charge in [-0.3, -0.25) is 4.98 Å². The zero-order chi connectivity index (χ0) is 10.5. The number of pyridine rings is 1. The van der Waals surface area contributed by atoms with Gasteiger partial charge in [0.25, 0.3) is 0 Å². The SMILES string of the molecule is CCc1cccnc1C1(N)C2CCCC21. The number of nitrogens with two attached hydrogens (primary N) is 1. The summed E-state index contributed by atoms with van der Waals surface area (Å²) in [6, 6.07) is 4.19. The zero-order valence-electron chi connectivity index (χ0n) is 9.24. The van der Waals surface area contributed by atoms with Crippen molar-refractivity contribution in [3.8, 4) is 0 Å². The highest BCUT2D eigenvalue weighted by Crippen LogP contribution is 2.64. The van der Waals surface area contributed by atoms with Crippen molar-refractivity contribution < 1.29 is 0 Å². The Hall–Kier alpha value is -0.890. The quantitative estimate of drug-likeness (QED) is 0.798. The first-order chi connectivity index (χ1) is 7.28. The molecular weight excluding hydrogens is 184 g/mol. The fourth-order valence-electron chi connectivity index (χ4n) is 3.47. The van der Waals surface area contributed by atoms with Crippen molar-refractivity contribution in [1.82, 2.24) is 4.98 Å². The predicted molar refractivity (Wildman–Crippen MR) is 60.3 cm³/mol. The molecule has 2 unspecified atom stereocenters. The van der Waals surface area contributed by atoms with Crippen LogP contribution >= 0.6 is 0 Å². The van der Waals surface area contributed by atoms with E-state index >= 15 is 0 Å². The summed E-state index contributed by atoms with van der Waals surface area (Å²) in [4.78, 5) is 4.54. The fraction of sp³-hybridized carbons (Fsp3) is 0.615. The van der Waals surface area contributed by atoms with Gasteiger partial charge in [-0.1, -0.05) is 19.4 Å². The fourth-order valence-corrected chi connectivity index (χ4v) is 3.47. The highest BCUT2D eigenvalue weighted by Gasteiger charge is 2.65. The Kier molecular flexibility index (Phi) is 1.90. The van der Waals surface area contributed by atoms with E-state index in [1.54, 1.807) is 0 Å². The van der Waals surface area contributed by atoms with E-state index in [4.69, 9.17) is 5.73 Å². The summed E-state index contributed by atoms with van der Waals surface area (Å²) < 4.78 is 0. The van der Waals surface area contributed by atoms with E-state index < -0.39 is 0 Å². The molecule has 0 saturated heterocycles. The highest BCUT2D eigenvalue weighted by molar-refractivity contribution is 5.36. The van der Waals surface area contributed by atoms with Crippen LogP contribution in [-0.2, 0) is 12.0 Å². The van der Waals surface area contributed by atoms with Gasteiger partial charge in [-0.25, -0.2) is 0 Å². The van der Waals surface area contributed by atoms with Crippen molar-refractivity contribution >= 4 is 0 Å². The number of fused-ring (bicyclic) bond motifs is 1. The molecule has 2 aliphatic rings. The first-order valence-electron chi connectivity index (χ1n) is 6.01. The molecule has 15 heavy (non-hydrogen) atoms. The van der Waals surface area contributed by atoms with E-state index in [2.05, 4.69) is 18.0 Å². The van der Waals surface area contributed by atoms with Crippen LogP contribution in [0.1, 0.15) is 37.4 Å². The largest absolute Gasteiger partial charge is 0.320 e. The molecule has 2 N–H and O–H groups in total. The van der Waals surface area contributed by atoms with Crippen LogP contribution in [-0.4, -0.2) is 4.98 Å². The summed E-state index contributed by atoms with van der Waals surface area (Å²) in [6.45, 7) is 2.18. The molecule has 1 aromatic heterocycles. The standard InChI is InChI=1S/C13H18N2/c1-2-9-5-4-8-15-12(9)13(14)10-6-3-7-11(10)13/h4-5,8,10-11H,2-3,6-7,14H2,1H3. The van der Waals surface area contributed by atoms with Crippen molar-refractivity contribution in [3.63, 3.8) is 0 Å². The molecule has 0 spiro atoms. The molecule has 80 valence electrons. The van der Waals surface area contributed by atoms with E-state index in [1.165, 1.54) is 30.5 Å². The Bertz CT molecular complexity index is 376. The lowest BCUT2D eigenvalue weighted by Gasteiger charge is -2.17. The third kappa shape index (κ3) is 1.11. The van der Waals surface area contributed by atoms with Gasteiger partial charge in [0.1, 0.15) is 0 Å². The zero-order valence-corrected chi connectivity index (χ0v) is 9.24. The van der Waals surface area contributed by atoms with Crippen LogP contribution in [0.15, 0.2) is 18.3 Å². The van der Waals surface area contributed by atoms with Crippen molar-refractivity contribution in [1.29, 1.82) is 0 Å². The second-order valence-corrected chi connectivity index (χ2v) is 4.94. The molecule has 0 amide bonds. The maximum Gasteiger partial charge on any atom is 0.0650 e. The third-order valence-electron chi connectivity index (χ3n) is 4.32. The van der Waals surface area contributed by atoms with Gasteiger partial charge in [-0.05, 0) is 42.7 Å². The molecule has 1 heterocycles. The van der Waals surface area contributed by atoms with E-state index in [9.17, 15) is 0 Å². The number of rotatable bonds is 2. The minimum Gasteiger partial charge on any atom is -0.320 e. The Labute approximate surface area is 90.9 Å². The molecule has 0 radical (unpaired) electrons. The Morgan fingerprint density at radius 1 is 1.47 bits per heavy atom. The molecule has 3 rings (SSSR count). The molecule has 2 fully saturated rings. The molecular formula is C13H18N2. The second-order valence-electron chi connectivity index (χ2n) is 4.94. The molecule has 2 atom stereocenters. The maximum absolute atomic E-state index is 6.53. The van der Waals surface area contributed by atoms with Gasteiger partial charge in [-0.15, -0.1) is 0 Å². The van der Waals surface area contributed by atoms with Crippen LogP contribution in [0.3, 0.4) is 0 Å². The second kappa shape index (κ2) is 3.05. The average molecular weight is 202 g/mol. The molecule has 2 heteroatoms. The summed E-state index contributed by atoms with van der Waals surface area (Å²) >= 11 is 0. The van der Waals surface area contributed by atoms with Crippen LogP contribution in [0.5, 0.6) is 0 Å². The Balaban J connectivity index is 2.00. The van der Waals surface area contributed by atoms with Crippen LogP contribution in [0, 0.1) is 11.8 Å². The molecule has 0 bridgehead atoms. The van der Waals surface area contributed by atoms with E-state index in [0.717, 1.165) is 18.3 Å². The topological polar surface area (TPSA) is 38.9 Å². The van der Waals surface area contributed by atoms with Crippen molar-refractivity contribution in [2.45, 2.75) is 38.1 Å². The summed E-state index contributed by atoms with van der Waals surface area (Å²) in [5, 5.41) is 0.